The van der Waals surface area contributed by atoms with Gasteiger partial charge in [-0.3, -0.25) is 0 Å². The van der Waals surface area contributed by atoms with Gasteiger partial charge in [0.1, 0.15) is 5.82 Å². The number of benzene rings is 8. The summed E-state index contributed by atoms with van der Waals surface area (Å²) in [5, 5.41) is 2.20. The fourth-order valence-electron chi connectivity index (χ4n) is 11.6. The number of fused-ring (bicyclic) bond motifs is 3. The van der Waals surface area contributed by atoms with Crippen LogP contribution in [0.4, 0.5) is 11.4 Å². The summed E-state index contributed by atoms with van der Waals surface area (Å²) in [6.07, 6.45) is 4.28. The average molecular weight is 1260 g/mol. The summed E-state index contributed by atoms with van der Waals surface area (Å²) >= 11 is 0. The normalized spacial score (nSPS) is 13.3. The first-order valence-corrected chi connectivity index (χ1v) is 28.9. The van der Waals surface area contributed by atoms with Crippen molar-refractivity contribution in [3.05, 3.63) is 263 Å². The van der Waals surface area contributed by atoms with Crippen LogP contribution in [0.15, 0.2) is 194 Å². The molecular formula is C76H77N4OPt-3. The van der Waals surface area contributed by atoms with Crippen molar-refractivity contribution in [1.29, 1.82) is 0 Å². The third kappa shape index (κ3) is 11.1. The topological polar surface area (TPSA) is 33.5 Å². The average Bonchev–Trinajstić information content (AvgIpc) is 2.75. The zero-order chi connectivity index (χ0) is 57.2. The van der Waals surface area contributed by atoms with Gasteiger partial charge in [-0.1, -0.05) is 230 Å². The van der Waals surface area contributed by atoms with E-state index in [1.807, 2.05) is 6.20 Å². The Morgan fingerprint density at radius 2 is 1.07 bits per heavy atom. The first-order valence-electron chi connectivity index (χ1n) is 28.9. The van der Waals surface area contributed by atoms with Crippen LogP contribution in [0.1, 0.15) is 159 Å². The molecule has 6 heteroatoms. The number of anilines is 2. The van der Waals surface area contributed by atoms with Crippen LogP contribution >= 0.6 is 0 Å². The maximum absolute atomic E-state index is 7.16. The minimum absolute atomic E-state index is 0. The zero-order valence-electron chi connectivity index (χ0n) is 50.2. The summed E-state index contributed by atoms with van der Waals surface area (Å²) in [5.41, 5.74) is 17.7. The Hall–Kier alpha value is -7.46. The van der Waals surface area contributed by atoms with Crippen molar-refractivity contribution in [3.8, 4) is 28.4 Å². The van der Waals surface area contributed by atoms with E-state index in [0.717, 1.165) is 50.3 Å². The number of ether oxygens (including phenoxy) is 1. The minimum atomic E-state index is -0.276. The standard InChI is InChI=1S/C76H77N4O.Pt/c1-50(2)64-31-24-32-65(51(3)4)72(64)70-48-78(60-40-53(52-25-18-15-19-26-52)39-58(41-60)73(5,6)7)49-79(70)61-42-59(74(8,9)10)43-63(46-61)81-62-34-35-66-67-44-56(75(11,12)54-27-20-16-21-28-54)33-36-68(67)80(69(66)47-62)71-45-57(37-38-77-71)76(13,14)55-29-22-17-23-30-55;/h15-45,48-51H,1-14H3;/q-3;. The summed E-state index contributed by atoms with van der Waals surface area (Å²) in [7, 11) is 0. The molecule has 420 valence electrons. The van der Waals surface area contributed by atoms with Crippen LogP contribution in [-0.2, 0) is 42.7 Å². The van der Waals surface area contributed by atoms with E-state index in [1.54, 1.807) is 0 Å². The summed E-state index contributed by atoms with van der Waals surface area (Å²) in [6, 6.07) is 73.8. The molecule has 2 aromatic heterocycles. The largest absolute Gasteiger partial charge is 0.509 e. The van der Waals surface area contributed by atoms with E-state index in [9.17, 15) is 0 Å². The second-order valence-corrected chi connectivity index (χ2v) is 25.9. The number of aromatic nitrogens is 2. The van der Waals surface area contributed by atoms with Crippen LogP contribution in [0, 0.1) is 18.8 Å². The van der Waals surface area contributed by atoms with Gasteiger partial charge in [-0.15, -0.1) is 53.6 Å². The quantitative estimate of drug-likeness (QED) is 0.108. The molecule has 0 saturated carbocycles. The fourth-order valence-corrected chi connectivity index (χ4v) is 11.6. The third-order valence-corrected chi connectivity index (χ3v) is 16.8. The molecule has 0 N–H and O–H groups in total. The number of pyridine rings is 1. The molecule has 5 nitrogen and oxygen atoms in total. The molecule has 0 aliphatic carbocycles. The Morgan fingerprint density at radius 3 is 1.67 bits per heavy atom. The second-order valence-electron chi connectivity index (χ2n) is 25.9. The predicted molar refractivity (Wildman–Crippen MR) is 341 cm³/mol. The fraction of sp³-hybridized carbons (Fsp3) is 0.263. The molecule has 0 unspecified atom stereocenters. The van der Waals surface area contributed by atoms with Gasteiger partial charge in [-0.25, -0.2) is 4.98 Å². The number of nitrogens with zero attached hydrogens (tertiary/aromatic N) is 4. The summed E-state index contributed by atoms with van der Waals surface area (Å²) in [5.74, 6) is 2.59. The first kappa shape index (κ1) is 57.8. The Balaban J connectivity index is 0.00000753. The molecule has 10 aromatic rings. The number of rotatable bonds is 13. The third-order valence-electron chi connectivity index (χ3n) is 16.8. The zero-order valence-corrected chi connectivity index (χ0v) is 52.5. The number of hydrogen-bond donors (Lipinski definition) is 0. The maximum atomic E-state index is 7.16. The summed E-state index contributed by atoms with van der Waals surface area (Å²) < 4.78 is 9.42. The van der Waals surface area contributed by atoms with Crippen molar-refractivity contribution in [2.75, 3.05) is 9.80 Å². The van der Waals surface area contributed by atoms with Gasteiger partial charge in [-0.05, 0) is 115 Å². The van der Waals surface area contributed by atoms with Crippen molar-refractivity contribution >= 4 is 38.9 Å². The van der Waals surface area contributed by atoms with Gasteiger partial charge < -0.3 is 19.1 Å². The molecule has 0 amide bonds. The summed E-state index contributed by atoms with van der Waals surface area (Å²) in [4.78, 5) is 9.78. The van der Waals surface area contributed by atoms with Gasteiger partial charge in [0, 0.05) is 72.1 Å². The van der Waals surface area contributed by atoms with Crippen LogP contribution in [0.3, 0.4) is 0 Å². The molecule has 0 bridgehead atoms. The Bertz CT molecular complexity index is 3940. The van der Waals surface area contributed by atoms with E-state index >= 15 is 0 Å². The van der Waals surface area contributed by atoms with Crippen molar-refractivity contribution in [2.24, 2.45) is 0 Å². The first-order chi connectivity index (χ1) is 38.6. The SMILES string of the molecule is CC(C)c1cccc(C(C)C)c1C1=CN(c2cc(-c3ccccc3)cc(C(C)(C)C)c2)[CH-]N1c1[c-]c(Oc2[c-]c3c(cc2)c2cc(C(C)(C)c4ccccc4)ccc2n3-c2cc(C(C)(C)c3ccccc3)ccn2)cc(C(C)(C)C)c1.[Pt]. The summed E-state index contributed by atoms with van der Waals surface area (Å²) in [6.45, 7) is 34.3. The molecule has 0 spiro atoms. The van der Waals surface area contributed by atoms with Crippen molar-refractivity contribution in [1.82, 2.24) is 9.55 Å². The van der Waals surface area contributed by atoms with Crippen molar-refractivity contribution in [2.45, 2.75) is 130 Å². The van der Waals surface area contributed by atoms with E-state index < -0.39 is 0 Å². The molecule has 82 heavy (non-hydrogen) atoms. The van der Waals surface area contributed by atoms with E-state index in [2.05, 4.69) is 318 Å². The Labute approximate surface area is 503 Å². The van der Waals surface area contributed by atoms with Gasteiger partial charge in [0.15, 0.2) is 0 Å². The molecule has 0 saturated heterocycles. The Kier molecular flexibility index (Phi) is 15.8. The van der Waals surface area contributed by atoms with E-state index in [4.69, 9.17) is 9.72 Å². The van der Waals surface area contributed by atoms with Crippen LogP contribution < -0.4 is 14.5 Å². The molecular weight excluding hydrogens is 1180 g/mol. The molecule has 11 rings (SSSR count). The van der Waals surface area contributed by atoms with E-state index in [0.29, 0.717) is 11.5 Å². The van der Waals surface area contributed by atoms with Crippen LogP contribution in [0.5, 0.6) is 11.5 Å². The minimum Gasteiger partial charge on any atom is -0.509 e. The molecule has 0 fully saturated rings. The van der Waals surface area contributed by atoms with E-state index in [-0.39, 0.29) is 54.6 Å². The molecule has 1 aliphatic heterocycles. The van der Waals surface area contributed by atoms with E-state index in [1.165, 1.54) is 55.6 Å². The smallest absolute Gasteiger partial charge is 0.135 e. The van der Waals surface area contributed by atoms with Gasteiger partial charge in [0.05, 0.1) is 0 Å². The second kappa shape index (κ2) is 22.4. The molecule has 8 aromatic carbocycles. The van der Waals surface area contributed by atoms with Gasteiger partial charge in [0.25, 0.3) is 0 Å². The van der Waals surface area contributed by atoms with Crippen molar-refractivity contribution in [3.63, 3.8) is 0 Å². The van der Waals surface area contributed by atoms with Crippen LogP contribution in [0.25, 0.3) is 44.4 Å². The predicted octanol–water partition coefficient (Wildman–Crippen LogP) is 20.2. The molecule has 3 heterocycles. The Morgan fingerprint density at radius 1 is 0.488 bits per heavy atom. The monoisotopic (exact) mass is 1260 g/mol. The maximum Gasteiger partial charge on any atom is 0.135 e. The molecule has 0 radical (unpaired) electrons. The van der Waals surface area contributed by atoms with Crippen LogP contribution in [0.2, 0.25) is 0 Å². The number of hydrogen-bond acceptors (Lipinski definition) is 4. The molecule has 0 atom stereocenters. The van der Waals surface area contributed by atoms with Gasteiger partial charge >= 0.3 is 0 Å². The van der Waals surface area contributed by atoms with Crippen molar-refractivity contribution < 1.29 is 25.8 Å². The molecule has 1 aliphatic rings. The van der Waals surface area contributed by atoms with Crippen LogP contribution in [-0.4, -0.2) is 9.55 Å². The van der Waals surface area contributed by atoms with Gasteiger partial charge in [0.2, 0.25) is 0 Å². The van der Waals surface area contributed by atoms with Gasteiger partial charge in [-0.2, -0.15) is 6.07 Å².